The van der Waals surface area contributed by atoms with Gasteiger partial charge in [0.25, 0.3) is 0 Å². The van der Waals surface area contributed by atoms with E-state index in [0.29, 0.717) is 17.9 Å². The number of aromatic nitrogens is 2. The van der Waals surface area contributed by atoms with E-state index in [2.05, 4.69) is 48.0 Å². The second-order valence-electron chi connectivity index (χ2n) is 5.04. The Morgan fingerprint density at radius 1 is 1.14 bits per heavy atom. The molecule has 0 unspecified atom stereocenters. The first-order valence-electron chi connectivity index (χ1n) is 6.78. The third-order valence-corrected chi connectivity index (χ3v) is 3.56. The first kappa shape index (κ1) is 15.3. The minimum atomic E-state index is 0.299. The lowest BCUT2D eigenvalue weighted by atomic mass is 10.0. The van der Waals surface area contributed by atoms with Crippen LogP contribution in [0.1, 0.15) is 18.5 Å². The van der Waals surface area contributed by atoms with Gasteiger partial charge in [0.2, 0.25) is 5.88 Å². The summed E-state index contributed by atoms with van der Waals surface area (Å²) in [6, 6.07) is 8.95. The van der Waals surface area contributed by atoms with E-state index in [0.717, 1.165) is 11.1 Å². The highest BCUT2D eigenvalue weighted by molar-refractivity contribution is 5.68. The maximum Gasteiger partial charge on any atom is 0.319 e. The van der Waals surface area contributed by atoms with Crippen molar-refractivity contribution in [2.75, 3.05) is 28.3 Å². The Bertz CT molecular complexity index is 614. The van der Waals surface area contributed by atoms with Gasteiger partial charge in [0.1, 0.15) is 0 Å². The highest BCUT2D eigenvalue weighted by Crippen LogP contribution is 2.31. The summed E-state index contributed by atoms with van der Waals surface area (Å²) in [5.41, 5.74) is 3.11. The molecule has 2 rings (SSSR count). The van der Waals surface area contributed by atoms with Gasteiger partial charge in [-0.3, -0.25) is 0 Å². The zero-order valence-electron chi connectivity index (χ0n) is 13.1. The molecule has 5 heteroatoms. The number of methoxy groups -OCH3 is 2. The molecule has 0 bridgehead atoms. The molecule has 1 heterocycles. The number of ether oxygens (including phenoxy) is 2. The van der Waals surface area contributed by atoms with Crippen molar-refractivity contribution in [1.29, 1.82) is 0 Å². The van der Waals surface area contributed by atoms with E-state index in [-0.39, 0.29) is 0 Å². The van der Waals surface area contributed by atoms with Crippen LogP contribution in [0, 0.1) is 0 Å². The molecule has 112 valence electrons. The fourth-order valence-corrected chi connectivity index (χ4v) is 2.07. The molecule has 0 aliphatic heterocycles. The maximum absolute atomic E-state index is 5.35. The maximum atomic E-state index is 5.35. The van der Waals surface area contributed by atoms with Gasteiger partial charge in [-0.05, 0) is 38.2 Å². The minimum absolute atomic E-state index is 0.299. The van der Waals surface area contributed by atoms with Crippen molar-refractivity contribution >= 4 is 0 Å². The van der Waals surface area contributed by atoms with Crippen LogP contribution in [0.25, 0.3) is 11.1 Å². The molecule has 0 amide bonds. The van der Waals surface area contributed by atoms with Crippen LogP contribution in [0.3, 0.4) is 0 Å². The van der Waals surface area contributed by atoms with E-state index in [4.69, 9.17) is 9.47 Å². The first-order chi connectivity index (χ1) is 10.1. The molecule has 0 aliphatic rings. The molecule has 0 spiro atoms. The summed E-state index contributed by atoms with van der Waals surface area (Å²) in [6.45, 7) is 2.17. The fourth-order valence-electron chi connectivity index (χ4n) is 2.07. The number of hydrogen-bond donors (Lipinski definition) is 0. The topological polar surface area (TPSA) is 47.5 Å². The zero-order valence-corrected chi connectivity index (χ0v) is 13.1. The molecule has 0 radical (unpaired) electrons. The summed E-state index contributed by atoms with van der Waals surface area (Å²) >= 11 is 0. The summed E-state index contributed by atoms with van der Waals surface area (Å²) in [4.78, 5) is 10.6. The summed E-state index contributed by atoms with van der Waals surface area (Å²) < 4.78 is 10.4. The third kappa shape index (κ3) is 3.31. The Morgan fingerprint density at radius 3 is 2.52 bits per heavy atom. The number of nitrogens with zero attached hydrogens (tertiary/aromatic N) is 3. The van der Waals surface area contributed by atoms with Crippen molar-refractivity contribution in [1.82, 2.24) is 14.9 Å². The van der Waals surface area contributed by atoms with Crippen LogP contribution in [0.5, 0.6) is 11.9 Å². The van der Waals surface area contributed by atoms with Gasteiger partial charge in [0.15, 0.2) is 0 Å². The van der Waals surface area contributed by atoms with Gasteiger partial charge in [-0.1, -0.05) is 18.2 Å². The molecule has 1 aromatic carbocycles. The third-order valence-electron chi connectivity index (χ3n) is 3.56. The second kappa shape index (κ2) is 6.54. The van der Waals surface area contributed by atoms with Crippen molar-refractivity contribution in [3.8, 4) is 23.0 Å². The normalized spacial score (nSPS) is 12.3. The molecule has 5 nitrogen and oxygen atoms in total. The van der Waals surface area contributed by atoms with Gasteiger partial charge in [-0.2, -0.15) is 4.98 Å². The average Bonchev–Trinajstić information content (AvgIpc) is 2.53. The summed E-state index contributed by atoms with van der Waals surface area (Å²) in [5.74, 6) is 0.511. The molecular formula is C16H21N3O2. The van der Waals surface area contributed by atoms with Crippen molar-refractivity contribution < 1.29 is 9.47 Å². The number of benzene rings is 1. The predicted molar refractivity (Wildman–Crippen MR) is 82.7 cm³/mol. The Morgan fingerprint density at radius 2 is 1.90 bits per heavy atom. The Balaban J connectivity index is 2.45. The molecule has 21 heavy (non-hydrogen) atoms. The van der Waals surface area contributed by atoms with Crippen molar-refractivity contribution in [3.05, 3.63) is 36.0 Å². The van der Waals surface area contributed by atoms with Crippen molar-refractivity contribution in [3.63, 3.8) is 0 Å². The van der Waals surface area contributed by atoms with Crippen molar-refractivity contribution in [2.24, 2.45) is 0 Å². The summed E-state index contributed by atoms with van der Waals surface area (Å²) in [5, 5.41) is 0. The first-order valence-corrected chi connectivity index (χ1v) is 6.78. The molecule has 0 saturated carbocycles. The van der Waals surface area contributed by atoms with Crippen LogP contribution in [-0.2, 0) is 0 Å². The van der Waals surface area contributed by atoms with Gasteiger partial charge in [0.05, 0.1) is 19.8 Å². The van der Waals surface area contributed by atoms with Crippen LogP contribution in [0.4, 0.5) is 0 Å². The van der Waals surface area contributed by atoms with Gasteiger partial charge in [0, 0.05) is 12.2 Å². The van der Waals surface area contributed by atoms with E-state index in [1.54, 1.807) is 13.3 Å². The smallest absolute Gasteiger partial charge is 0.319 e. The molecule has 0 fully saturated rings. The summed E-state index contributed by atoms with van der Waals surface area (Å²) in [6.07, 6.45) is 1.73. The largest absolute Gasteiger partial charge is 0.480 e. The lowest BCUT2D eigenvalue weighted by molar-refractivity contribution is 0.321. The quantitative estimate of drug-likeness (QED) is 0.846. The molecular weight excluding hydrogens is 266 g/mol. The van der Waals surface area contributed by atoms with Crippen LogP contribution >= 0.6 is 0 Å². The fraction of sp³-hybridized carbons (Fsp3) is 0.375. The SMILES string of the molecule is COc1ncc(-c2cccc([C@@H](C)N(C)C)c2)c(OC)n1. The van der Waals surface area contributed by atoms with E-state index in [1.165, 1.54) is 12.7 Å². The Labute approximate surface area is 125 Å². The van der Waals surface area contributed by atoms with Crippen LogP contribution in [-0.4, -0.2) is 43.2 Å². The van der Waals surface area contributed by atoms with Crippen LogP contribution in [0.15, 0.2) is 30.5 Å². The highest BCUT2D eigenvalue weighted by atomic mass is 16.5. The van der Waals surface area contributed by atoms with Gasteiger partial charge < -0.3 is 14.4 Å². The minimum Gasteiger partial charge on any atom is -0.480 e. The Kier molecular flexibility index (Phi) is 4.75. The zero-order chi connectivity index (χ0) is 15.4. The molecule has 2 aromatic rings. The van der Waals surface area contributed by atoms with Crippen LogP contribution < -0.4 is 9.47 Å². The highest BCUT2D eigenvalue weighted by Gasteiger charge is 2.13. The molecule has 0 aliphatic carbocycles. The molecule has 1 atom stereocenters. The van der Waals surface area contributed by atoms with E-state index < -0.39 is 0 Å². The van der Waals surface area contributed by atoms with Gasteiger partial charge >= 0.3 is 6.01 Å². The lowest BCUT2D eigenvalue weighted by Crippen LogP contribution is -2.16. The lowest BCUT2D eigenvalue weighted by Gasteiger charge is -2.20. The van der Waals surface area contributed by atoms with Gasteiger partial charge in [-0.15, -0.1) is 0 Å². The van der Waals surface area contributed by atoms with E-state index in [9.17, 15) is 0 Å². The second-order valence-corrected chi connectivity index (χ2v) is 5.04. The number of hydrogen-bond acceptors (Lipinski definition) is 5. The standard InChI is InChI=1S/C16H21N3O2/c1-11(19(2)3)12-7-6-8-13(9-12)14-10-17-16(21-5)18-15(14)20-4/h6-11H,1-5H3/t11-/m1/s1. The van der Waals surface area contributed by atoms with E-state index >= 15 is 0 Å². The summed E-state index contributed by atoms with van der Waals surface area (Å²) in [7, 11) is 7.26. The molecule has 0 saturated heterocycles. The van der Waals surface area contributed by atoms with Crippen molar-refractivity contribution in [2.45, 2.75) is 13.0 Å². The Hall–Kier alpha value is -2.14. The van der Waals surface area contributed by atoms with E-state index in [1.807, 2.05) is 12.1 Å². The molecule has 0 N–H and O–H groups in total. The van der Waals surface area contributed by atoms with Gasteiger partial charge in [-0.25, -0.2) is 4.98 Å². The monoisotopic (exact) mass is 287 g/mol. The number of rotatable bonds is 5. The van der Waals surface area contributed by atoms with Crippen LogP contribution in [0.2, 0.25) is 0 Å². The predicted octanol–water partition coefficient (Wildman–Crippen LogP) is 2.78. The average molecular weight is 287 g/mol. The molecule has 1 aromatic heterocycles.